The standard InChI is InChI=1S/C23H26O7/c1-4-27-20(24)8-6-5-7-11-28-17-10-9-16-12-19(29-18(16)13-17)22-14(2)21(25)15(3)23(26)30-22/h9-10,12-13,25H,4-8,11H2,1-3H3. The second-order valence-electron chi connectivity index (χ2n) is 7.09. The topological polar surface area (TPSA) is 99.1 Å². The van der Waals surface area contributed by atoms with Crippen molar-refractivity contribution in [3.63, 3.8) is 0 Å². The summed E-state index contributed by atoms with van der Waals surface area (Å²) < 4.78 is 21.8. The molecule has 7 nitrogen and oxygen atoms in total. The lowest BCUT2D eigenvalue weighted by Gasteiger charge is -2.06. The Morgan fingerprint density at radius 3 is 2.63 bits per heavy atom. The lowest BCUT2D eigenvalue weighted by Crippen LogP contribution is -2.05. The van der Waals surface area contributed by atoms with Gasteiger partial charge in [0.2, 0.25) is 0 Å². The molecule has 0 radical (unpaired) electrons. The highest BCUT2D eigenvalue weighted by Gasteiger charge is 2.18. The Kier molecular flexibility index (Phi) is 6.82. The number of aromatic hydroxyl groups is 1. The normalized spacial score (nSPS) is 11.0. The maximum absolute atomic E-state index is 11.9. The van der Waals surface area contributed by atoms with Crippen molar-refractivity contribution in [1.29, 1.82) is 0 Å². The van der Waals surface area contributed by atoms with Crippen molar-refractivity contribution >= 4 is 16.9 Å². The Morgan fingerprint density at radius 1 is 1.07 bits per heavy atom. The Hall–Kier alpha value is -3.22. The lowest BCUT2D eigenvalue weighted by molar-refractivity contribution is -0.143. The molecule has 0 atom stereocenters. The van der Waals surface area contributed by atoms with E-state index in [1.807, 2.05) is 12.1 Å². The number of esters is 1. The second-order valence-corrected chi connectivity index (χ2v) is 7.09. The van der Waals surface area contributed by atoms with Gasteiger partial charge in [-0.05, 0) is 58.2 Å². The molecule has 1 N–H and O–H groups in total. The van der Waals surface area contributed by atoms with E-state index in [9.17, 15) is 14.7 Å². The van der Waals surface area contributed by atoms with E-state index >= 15 is 0 Å². The van der Waals surface area contributed by atoms with Crippen LogP contribution in [0.2, 0.25) is 0 Å². The highest BCUT2D eigenvalue weighted by atomic mass is 16.5. The van der Waals surface area contributed by atoms with Crippen LogP contribution < -0.4 is 10.4 Å². The second kappa shape index (κ2) is 9.52. The quantitative estimate of drug-likeness (QED) is 0.393. The SMILES string of the molecule is CCOC(=O)CCCCCOc1ccc2cc(-c3oc(=O)c(C)c(O)c3C)oc2c1. The number of carbonyl (C=O) groups excluding carboxylic acids is 1. The summed E-state index contributed by atoms with van der Waals surface area (Å²) in [5, 5.41) is 10.9. The van der Waals surface area contributed by atoms with Crippen LogP contribution in [0, 0.1) is 13.8 Å². The average molecular weight is 414 g/mol. The van der Waals surface area contributed by atoms with E-state index in [2.05, 4.69) is 0 Å². The van der Waals surface area contributed by atoms with Gasteiger partial charge in [-0.2, -0.15) is 0 Å². The molecule has 0 saturated carbocycles. The van der Waals surface area contributed by atoms with Crippen LogP contribution in [0.4, 0.5) is 0 Å². The predicted octanol–water partition coefficient (Wildman–Crippen LogP) is 4.88. The number of furan rings is 1. The molecule has 3 rings (SSSR count). The van der Waals surface area contributed by atoms with Gasteiger partial charge in [-0.25, -0.2) is 4.79 Å². The Balaban J connectivity index is 1.63. The van der Waals surface area contributed by atoms with Crippen molar-refractivity contribution in [3.05, 3.63) is 45.8 Å². The van der Waals surface area contributed by atoms with Crippen LogP contribution in [0.25, 0.3) is 22.5 Å². The molecule has 160 valence electrons. The molecule has 0 amide bonds. The van der Waals surface area contributed by atoms with Gasteiger partial charge in [-0.1, -0.05) is 0 Å². The van der Waals surface area contributed by atoms with Crippen LogP contribution in [0.15, 0.2) is 37.9 Å². The van der Waals surface area contributed by atoms with Crippen LogP contribution in [0.1, 0.15) is 43.7 Å². The summed E-state index contributed by atoms with van der Waals surface area (Å²) in [4.78, 5) is 23.2. The Bertz CT molecular complexity index is 1090. The van der Waals surface area contributed by atoms with Crippen molar-refractivity contribution in [2.75, 3.05) is 13.2 Å². The molecule has 1 aromatic carbocycles. The monoisotopic (exact) mass is 414 g/mol. The molecule has 0 bridgehead atoms. The summed E-state index contributed by atoms with van der Waals surface area (Å²) in [6.07, 6.45) is 2.91. The molecule has 0 fully saturated rings. The van der Waals surface area contributed by atoms with Gasteiger partial charge in [0.15, 0.2) is 11.5 Å². The van der Waals surface area contributed by atoms with E-state index in [0.717, 1.165) is 24.6 Å². The van der Waals surface area contributed by atoms with Gasteiger partial charge >= 0.3 is 11.6 Å². The van der Waals surface area contributed by atoms with Crippen LogP contribution in [-0.2, 0) is 9.53 Å². The fourth-order valence-electron chi connectivity index (χ4n) is 3.15. The third kappa shape index (κ3) is 4.84. The first-order chi connectivity index (χ1) is 14.4. The Labute approximate surface area is 174 Å². The van der Waals surface area contributed by atoms with E-state index in [4.69, 9.17) is 18.3 Å². The minimum absolute atomic E-state index is 0.0892. The molecule has 0 aliphatic heterocycles. The minimum atomic E-state index is -0.597. The number of unbranched alkanes of at least 4 members (excludes halogenated alkanes) is 2. The molecular weight excluding hydrogens is 388 g/mol. The van der Waals surface area contributed by atoms with E-state index in [0.29, 0.717) is 42.3 Å². The zero-order valence-corrected chi connectivity index (χ0v) is 17.4. The first-order valence-corrected chi connectivity index (χ1v) is 10.1. The summed E-state index contributed by atoms with van der Waals surface area (Å²) in [5.74, 6) is 0.993. The first kappa shape index (κ1) is 21.5. The number of hydrogen-bond donors (Lipinski definition) is 1. The number of benzene rings is 1. The molecule has 2 aromatic heterocycles. The number of ether oxygens (including phenoxy) is 2. The van der Waals surface area contributed by atoms with Crippen LogP contribution in [-0.4, -0.2) is 24.3 Å². The van der Waals surface area contributed by atoms with Crippen LogP contribution >= 0.6 is 0 Å². The van der Waals surface area contributed by atoms with Gasteiger partial charge < -0.3 is 23.4 Å². The number of hydrogen-bond acceptors (Lipinski definition) is 7. The average Bonchev–Trinajstić information content (AvgIpc) is 3.15. The molecule has 7 heteroatoms. The molecule has 0 aliphatic carbocycles. The lowest BCUT2D eigenvalue weighted by atomic mass is 10.1. The maximum atomic E-state index is 11.9. The van der Waals surface area contributed by atoms with E-state index in [1.165, 1.54) is 6.92 Å². The first-order valence-electron chi connectivity index (χ1n) is 10.1. The molecule has 2 heterocycles. The van der Waals surface area contributed by atoms with Gasteiger partial charge in [-0.15, -0.1) is 0 Å². The maximum Gasteiger partial charge on any atom is 0.343 e. The number of rotatable bonds is 9. The zero-order chi connectivity index (χ0) is 21.7. The van der Waals surface area contributed by atoms with Gasteiger partial charge in [0.25, 0.3) is 0 Å². The molecule has 30 heavy (non-hydrogen) atoms. The van der Waals surface area contributed by atoms with Crippen molar-refractivity contribution < 1.29 is 28.2 Å². The molecule has 0 saturated heterocycles. The third-order valence-corrected chi connectivity index (χ3v) is 4.87. The highest BCUT2D eigenvalue weighted by molar-refractivity contribution is 5.83. The van der Waals surface area contributed by atoms with E-state index in [1.54, 1.807) is 26.0 Å². The molecular formula is C23H26O7. The van der Waals surface area contributed by atoms with Crippen molar-refractivity contribution in [2.45, 2.75) is 46.5 Å². The zero-order valence-electron chi connectivity index (χ0n) is 17.4. The van der Waals surface area contributed by atoms with Gasteiger partial charge in [0.1, 0.15) is 17.1 Å². The summed E-state index contributed by atoms with van der Waals surface area (Å²) >= 11 is 0. The molecule has 3 aromatic rings. The predicted molar refractivity (Wildman–Crippen MR) is 112 cm³/mol. The largest absolute Gasteiger partial charge is 0.507 e. The van der Waals surface area contributed by atoms with Gasteiger partial charge in [-0.3, -0.25) is 4.79 Å². The summed E-state index contributed by atoms with van der Waals surface area (Å²) in [6.45, 7) is 5.92. The number of fused-ring (bicyclic) bond motifs is 1. The minimum Gasteiger partial charge on any atom is -0.507 e. The fourth-order valence-corrected chi connectivity index (χ4v) is 3.15. The van der Waals surface area contributed by atoms with Crippen LogP contribution in [0.3, 0.4) is 0 Å². The van der Waals surface area contributed by atoms with Crippen molar-refractivity contribution in [2.24, 2.45) is 0 Å². The molecule has 0 unspecified atom stereocenters. The Morgan fingerprint density at radius 2 is 1.87 bits per heavy atom. The van der Waals surface area contributed by atoms with Gasteiger partial charge in [0, 0.05) is 23.4 Å². The van der Waals surface area contributed by atoms with Crippen molar-refractivity contribution in [3.8, 4) is 23.0 Å². The third-order valence-electron chi connectivity index (χ3n) is 4.87. The van der Waals surface area contributed by atoms with E-state index in [-0.39, 0.29) is 23.0 Å². The van der Waals surface area contributed by atoms with Crippen LogP contribution in [0.5, 0.6) is 11.5 Å². The fraction of sp³-hybridized carbons (Fsp3) is 0.391. The molecule has 0 spiro atoms. The van der Waals surface area contributed by atoms with Crippen molar-refractivity contribution in [1.82, 2.24) is 0 Å². The van der Waals surface area contributed by atoms with E-state index < -0.39 is 5.63 Å². The summed E-state index contributed by atoms with van der Waals surface area (Å²) in [7, 11) is 0. The summed E-state index contributed by atoms with van der Waals surface area (Å²) in [6, 6.07) is 7.24. The smallest absolute Gasteiger partial charge is 0.343 e. The highest BCUT2D eigenvalue weighted by Crippen LogP contribution is 2.34. The van der Waals surface area contributed by atoms with Gasteiger partial charge in [0.05, 0.1) is 18.8 Å². The summed E-state index contributed by atoms with van der Waals surface area (Å²) in [5.41, 5.74) is 0.614. The molecule has 0 aliphatic rings. The number of carbonyl (C=O) groups is 1.